The van der Waals surface area contributed by atoms with Crippen molar-refractivity contribution in [2.75, 3.05) is 7.11 Å². The molecule has 0 fully saturated rings. The molecule has 2 aromatic rings. The van der Waals surface area contributed by atoms with Gasteiger partial charge in [0.1, 0.15) is 17.1 Å². The average molecular weight is 337 g/mol. The summed E-state index contributed by atoms with van der Waals surface area (Å²) in [4.78, 5) is 12.4. The molecule has 1 atom stereocenters. The van der Waals surface area contributed by atoms with Gasteiger partial charge in [0.25, 0.3) is 0 Å². The van der Waals surface area contributed by atoms with Gasteiger partial charge in [-0.3, -0.25) is 4.79 Å². The maximum atomic E-state index is 12.4. The number of ether oxygens (including phenoxy) is 2. The summed E-state index contributed by atoms with van der Waals surface area (Å²) in [7, 11) is 1.63. The van der Waals surface area contributed by atoms with Gasteiger partial charge in [-0.15, -0.1) is 0 Å². The van der Waals surface area contributed by atoms with Crippen LogP contribution in [0.5, 0.6) is 11.5 Å². The molecule has 0 saturated heterocycles. The molecule has 0 unspecified atom stereocenters. The zero-order valence-electron chi connectivity index (χ0n) is 14.8. The van der Waals surface area contributed by atoms with Gasteiger partial charge >= 0.3 is 0 Å². The second-order valence-corrected chi connectivity index (χ2v) is 6.77. The predicted octanol–water partition coefficient (Wildman–Crippen LogP) is 4.13. The summed E-state index contributed by atoms with van der Waals surface area (Å²) in [5.74, 6) is 1.38. The van der Waals surface area contributed by atoms with Crippen LogP contribution in [-0.4, -0.2) is 18.6 Å². The first-order valence-corrected chi connectivity index (χ1v) is 8.37. The molecular weight excluding hydrogens is 314 g/mol. The third kappa shape index (κ3) is 4.21. The quantitative estimate of drug-likeness (QED) is 0.854. The first kappa shape index (κ1) is 17.1. The van der Waals surface area contributed by atoms with Gasteiger partial charge in [0.05, 0.1) is 13.2 Å². The highest BCUT2D eigenvalue weighted by atomic mass is 16.5. The number of benzene rings is 2. The van der Waals surface area contributed by atoms with Crippen molar-refractivity contribution in [3.8, 4) is 11.5 Å². The molecule has 1 aliphatic heterocycles. The fraction of sp³-hybridized carbons (Fsp3) is 0.286. The summed E-state index contributed by atoms with van der Waals surface area (Å²) in [6.45, 7) is 4.04. The van der Waals surface area contributed by atoms with Gasteiger partial charge < -0.3 is 14.8 Å². The Balaban J connectivity index is 1.78. The van der Waals surface area contributed by atoms with Gasteiger partial charge in [0.2, 0.25) is 5.91 Å². The first-order chi connectivity index (χ1) is 12.0. The third-order valence-corrected chi connectivity index (χ3v) is 4.22. The number of nitrogens with one attached hydrogen (secondary N) is 1. The number of rotatable bonds is 4. The largest absolute Gasteiger partial charge is 0.497 e. The molecule has 1 heterocycles. The van der Waals surface area contributed by atoms with E-state index >= 15 is 0 Å². The Kier molecular flexibility index (Phi) is 4.79. The summed E-state index contributed by atoms with van der Waals surface area (Å²) in [5.41, 5.74) is 1.61. The molecule has 0 radical (unpaired) electrons. The number of fused-ring (bicyclic) bond motifs is 1. The van der Waals surface area contributed by atoms with Crippen molar-refractivity contribution in [1.29, 1.82) is 0 Å². The maximum Gasteiger partial charge on any atom is 0.244 e. The molecule has 0 aliphatic carbocycles. The minimum absolute atomic E-state index is 0.0995. The lowest BCUT2D eigenvalue weighted by Gasteiger charge is -2.37. The van der Waals surface area contributed by atoms with E-state index in [1.807, 2.05) is 68.5 Å². The normalized spacial score (nSPS) is 18.3. The monoisotopic (exact) mass is 337 g/mol. The SMILES string of the molecule is COc1ccc2c(c1)OC(C)(C)C[C@@H]2NC(=O)/C=C/c1ccccc1. The second-order valence-electron chi connectivity index (χ2n) is 6.77. The minimum Gasteiger partial charge on any atom is -0.497 e. The number of carbonyl (C=O) groups excluding carboxylic acids is 1. The Labute approximate surface area is 148 Å². The van der Waals surface area contributed by atoms with E-state index in [9.17, 15) is 4.79 Å². The number of amides is 1. The average Bonchev–Trinajstić information content (AvgIpc) is 2.59. The number of hydrogen-bond acceptors (Lipinski definition) is 3. The standard InChI is InChI=1S/C21H23NO3/c1-21(2)14-18(17-11-10-16(24-3)13-19(17)25-21)22-20(23)12-9-15-7-5-4-6-8-15/h4-13,18H,14H2,1-3H3,(H,22,23)/b12-9+/t18-/m0/s1. The molecule has 0 bridgehead atoms. The lowest BCUT2D eigenvalue weighted by Crippen LogP contribution is -2.40. The molecule has 1 N–H and O–H groups in total. The summed E-state index contributed by atoms with van der Waals surface area (Å²) >= 11 is 0. The number of hydrogen-bond donors (Lipinski definition) is 1. The molecule has 0 spiro atoms. The van der Waals surface area contributed by atoms with E-state index < -0.39 is 0 Å². The van der Waals surface area contributed by atoms with Crippen LogP contribution in [0.25, 0.3) is 6.08 Å². The number of carbonyl (C=O) groups is 1. The molecule has 0 aromatic heterocycles. The summed E-state index contributed by atoms with van der Waals surface area (Å²) in [6, 6.07) is 15.4. The van der Waals surface area contributed by atoms with Crippen molar-refractivity contribution in [3.63, 3.8) is 0 Å². The molecular formula is C21H23NO3. The van der Waals surface area contributed by atoms with E-state index in [2.05, 4.69) is 5.32 Å². The highest BCUT2D eigenvalue weighted by Gasteiger charge is 2.34. The Morgan fingerprint density at radius 1 is 1.24 bits per heavy atom. The van der Waals surface area contributed by atoms with Crippen LogP contribution < -0.4 is 14.8 Å². The minimum atomic E-state index is -0.361. The topological polar surface area (TPSA) is 47.6 Å². The van der Waals surface area contributed by atoms with Crippen LogP contribution in [0, 0.1) is 0 Å². The highest BCUT2D eigenvalue weighted by molar-refractivity contribution is 5.92. The van der Waals surface area contributed by atoms with Crippen molar-refractivity contribution >= 4 is 12.0 Å². The van der Waals surface area contributed by atoms with E-state index in [1.165, 1.54) is 0 Å². The van der Waals surface area contributed by atoms with E-state index in [4.69, 9.17) is 9.47 Å². The lowest BCUT2D eigenvalue weighted by molar-refractivity contribution is -0.117. The second kappa shape index (κ2) is 7.01. The van der Waals surface area contributed by atoms with Crippen molar-refractivity contribution in [2.45, 2.75) is 31.9 Å². The molecule has 4 nitrogen and oxygen atoms in total. The van der Waals surface area contributed by atoms with E-state index in [-0.39, 0.29) is 17.6 Å². The third-order valence-electron chi connectivity index (χ3n) is 4.22. The van der Waals surface area contributed by atoms with Crippen molar-refractivity contribution < 1.29 is 14.3 Å². The highest BCUT2D eigenvalue weighted by Crippen LogP contribution is 2.41. The van der Waals surface area contributed by atoms with Crippen molar-refractivity contribution in [1.82, 2.24) is 5.32 Å². The van der Waals surface area contributed by atoms with Gasteiger partial charge in [-0.25, -0.2) is 0 Å². The lowest BCUT2D eigenvalue weighted by atomic mass is 9.89. The molecule has 0 saturated carbocycles. The zero-order valence-corrected chi connectivity index (χ0v) is 14.8. The fourth-order valence-corrected chi connectivity index (χ4v) is 3.04. The molecule has 1 amide bonds. The zero-order chi connectivity index (χ0) is 17.9. The van der Waals surface area contributed by atoms with E-state index in [0.29, 0.717) is 6.42 Å². The predicted molar refractivity (Wildman–Crippen MR) is 98.7 cm³/mol. The Morgan fingerprint density at radius 3 is 2.72 bits per heavy atom. The van der Waals surface area contributed by atoms with Gasteiger partial charge in [-0.1, -0.05) is 30.3 Å². The Hall–Kier alpha value is -2.75. The molecule has 1 aliphatic rings. The smallest absolute Gasteiger partial charge is 0.244 e. The van der Waals surface area contributed by atoms with Crippen LogP contribution in [0.4, 0.5) is 0 Å². The molecule has 3 rings (SSSR count). The van der Waals surface area contributed by atoms with Crippen LogP contribution in [0.3, 0.4) is 0 Å². The van der Waals surface area contributed by atoms with Gasteiger partial charge in [-0.2, -0.15) is 0 Å². The Bertz CT molecular complexity index is 781. The van der Waals surface area contributed by atoms with Crippen LogP contribution >= 0.6 is 0 Å². The van der Waals surface area contributed by atoms with E-state index in [0.717, 1.165) is 22.6 Å². The van der Waals surface area contributed by atoms with Crippen LogP contribution in [0.15, 0.2) is 54.6 Å². The summed E-state index contributed by atoms with van der Waals surface area (Å²) in [6.07, 6.45) is 4.09. The van der Waals surface area contributed by atoms with Crippen LogP contribution in [-0.2, 0) is 4.79 Å². The number of methoxy groups -OCH3 is 1. The van der Waals surface area contributed by atoms with Crippen molar-refractivity contribution in [2.24, 2.45) is 0 Å². The molecule has 2 aromatic carbocycles. The molecule has 4 heteroatoms. The van der Waals surface area contributed by atoms with Crippen LogP contribution in [0.1, 0.15) is 37.4 Å². The van der Waals surface area contributed by atoms with Gasteiger partial charge in [0, 0.05) is 24.1 Å². The summed E-state index contributed by atoms with van der Waals surface area (Å²) in [5, 5.41) is 3.09. The van der Waals surface area contributed by atoms with Gasteiger partial charge in [-0.05, 0) is 37.6 Å². The molecule has 130 valence electrons. The van der Waals surface area contributed by atoms with Crippen LogP contribution in [0.2, 0.25) is 0 Å². The first-order valence-electron chi connectivity index (χ1n) is 8.37. The Morgan fingerprint density at radius 2 is 2.00 bits per heavy atom. The summed E-state index contributed by atoms with van der Waals surface area (Å²) < 4.78 is 11.3. The van der Waals surface area contributed by atoms with E-state index in [1.54, 1.807) is 13.2 Å². The van der Waals surface area contributed by atoms with Gasteiger partial charge in [0.15, 0.2) is 0 Å². The maximum absolute atomic E-state index is 12.4. The fourth-order valence-electron chi connectivity index (χ4n) is 3.04. The van der Waals surface area contributed by atoms with Crippen molar-refractivity contribution in [3.05, 3.63) is 65.7 Å². The molecule has 25 heavy (non-hydrogen) atoms.